The summed E-state index contributed by atoms with van der Waals surface area (Å²) >= 11 is 0. The number of benzene rings is 2. The van der Waals surface area contributed by atoms with Crippen LogP contribution in [0, 0.1) is 0 Å². The van der Waals surface area contributed by atoms with E-state index in [1.165, 1.54) is 0 Å². The third-order valence-corrected chi connectivity index (χ3v) is 6.08. The summed E-state index contributed by atoms with van der Waals surface area (Å²) in [6.45, 7) is 7.74. The van der Waals surface area contributed by atoms with Crippen LogP contribution in [0.1, 0.15) is 73.5 Å². The van der Waals surface area contributed by atoms with Crippen LogP contribution in [0.5, 0.6) is 5.75 Å². The smallest absolute Gasteiger partial charge is 0.271 e. The van der Waals surface area contributed by atoms with Gasteiger partial charge in [-0.3, -0.25) is 14.4 Å². The van der Waals surface area contributed by atoms with Gasteiger partial charge in [0, 0.05) is 35.6 Å². The molecule has 1 heterocycles. The van der Waals surface area contributed by atoms with E-state index in [-0.39, 0.29) is 30.7 Å². The molecule has 32 heavy (non-hydrogen) atoms. The van der Waals surface area contributed by atoms with Crippen LogP contribution in [0.2, 0.25) is 0 Å². The lowest BCUT2D eigenvalue weighted by Gasteiger charge is -2.34. The number of aliphatic hydroxyl groups is 1. The predicted molar refractivity (Wildman–Crippen MR) is 118 cm³/mol. The summed E-state index contributed by atoms with van der Waals surface area (Å²) < 4.78 is 6.03. The molecular weight excluding hydrogens is 408 g/mol. The van der Waals surface area contributed by atoms with E-state index in [0.717, 1.165) is 5.56 Å². The summed E-state index contributed by atoms with van der Waals surface area (Å²) in [4.78, 5) is 38.6. The zero-order valence-corrected chi connectivity index (χ0v) is 18.7. The Morgan fingerprint density at radius 1 is 1.00 bits per heavy atom. The lowest BCUT2D eigenvalue weighted by atomic mass is 9.82. The highest BCUT2D eigenvalue weighted by Gasteiger charge is 2.71. The van der Waals surface area contributed by atoms with Gasteiger partial charge in [-0.1, -0.05) is 50.2 Å². The highest BCUT2D eigenvalue weighted by Crippen LogP contribution is 2.58. The van der Waals surface area contributed by atoms with E-state index < -0.39 is 23.0 Å². The predicted octanol–water partition coefficient (Wildman–Crippen LogP) is 2.86. The van der Waals surface area contributed by atoms with Gasteiger partial charge in [0.05, 0.1) is 0 Å². The highest BCUT2D eigenvalue weighted by molar-refractivity contribution is 6.12. The lowest BCUT2D eigenvalue weighted by Crippen LogP contribution is -2.60. The monoisotopic (exact) mass is 436 g/mol. The summed E-state index contributed by atoms with van der Waals surface area (Å²) in [6, 6.07) is 12.0. The second kappa shape index (κ2) is 7.74. The van der Waals surface area contributed by atoms with Crippen LogP contribution in [-0.2, 0) is 20.9 Å². The number of nitrogens with one attached hydrogen (secondary N) is 2. The van der Waals surface area contributed by atoms with E-state index in [2.05, 4.69) is 10.6 Å². The molecule has 0 spiro atoms. The number of amides is 2. The Morgan fingerprint density at radius 3 is 2.38 bits per heavy atom. The number of carbonyl (C=O) groups excluding carboxylic acids is 3. The van der Waals surface area contributed by atoms with Gasteiger partial charge in [-0.15, -0.1) is 0 Å². The Labute approximate surface area is 187 Å². The van der Waals surface area contributed by atoms with E-state index >= 15 is 0 Å². The molecule has 7 nitrogen and oxygen atoms in total. The number of rotatable bonds is 6. The van der Waals surface area contributed by atoms with Crippen LogP contribution in [0.3, 0.4) is 0 Å². The molecule has 2 unspecified atom stereocenters. The maximum absolute atomic E-state index is 13.7. The number of hydrogen-bond acceptors (Lipinski definition) is 5. The van der Waals surface area contributed by atoms with Crippen molar-refractivity contribution < 1.29 is 24.2 Å². The van der Waals surface area contributed by atoms with Gasteiger partial charge in [-0.05, 0) is 31.4 Å². The Kier molecular flexibility index (Phi) is 5.33. The summed E-state index contributed by atoms with van der Waals surface area (Å²) in [7, 11) is 0. The van der Waals surface area contributed by atoms with Gasteiger partial charge in [-0.2, -0.15) is 0 Å². The molecule has 2 aromatic rings. The average Bonchev–Trinajstić information content (AvgIpc) is 3.09. The maximum Gasteiger partial charge on any atom is 0.271 e. The highest BCUT2D eigenvalue weighted by atomic mass is 16.6. The van der Waals surface area contributed by atoms with Crippen LogP contribution in [-0.4, -0.2) is 28.7 Å². The number of fused-ring (bicyclic) bond motifs is 5. The molecule has 2 aliphatic rings. The van der Waals surface area contributed by atoms with Crippen LogP contribution < -0.4 is 15.4 Å². The minimum absolute atomic E-state index is 0.0281. The van der Waals surface area contributed by atoms with Gasteiger partial charge in [0.2, 0.25) is 23.1 Å². The first kappa shape index (κ1) is 22.0. The Bertz CT molecular complexity index is 1110. The van der Waals surface area contributed by atoms with Crippen molar-refractivity contribution in [2.24, 2.45) is 0 Å². The van der Waals surface area contributed by atoms with Crippen LogP contribution >= 0.6 is 0 Å². The molecule has 7 heteroatoms. The number of Topliss-reactive ketones (excluding diaryl/α,β-unsaturated/α-hetero) is 1. The first-order valence-electron chi connectivity index (χ1n) is 10.9. The molecule has 2 aromatic carbocycles. The second-order valence-electron chi connectivity index (χ2n) is 9.05. The fourth-order valence-corrected chi connectivity index (χ4v) is 4.52. The largest absolute Gasteiger partial charge is 0.454 e. The molecular formula is C25H28N2O5. The Morgan fingerprint density at radius 2 is 1.69 bits per heavy atom. The van der Waals surface area contributed by atoms with Gasteiger partial charge < -0.3 is 20.5 Å². The second-order valence-corrected chi connectivity index (χ2v) is 9.05. The zero-order valence-electron chi connectivity index (χ0n) is 18.7. The molecule has 0 fully saturated rings. The van der Waals surface area contributed by atoms with Crippen LogP contribution in [0.4, 0.5) is 0 Å². The molecule has 3 N–H and O–H groups in total. The number of ether oxygens (including phenoxy) is 1. The lowest BCUT2D eigenvalue weighted by molar-refractivity contribution is -0.175. The molecule has 168 valence electrons. The quantitative estimate of drug-likeness (QED) is 0.646. The van der Waals surface area contributed by atoms with Crippen molar-refractivity contribution in [3.05, 3.63) is 64.7 Å². The normalized spacial score (nSPS) is 22.9. The van der Waals surface area contributed by atoms with Gasteiger partial charge >= 0.3 is 0 Å². The first-order chi connectivity index (χ1) is 15.1. The minimum Gasteiger partial charge on any atom is -0.454 e. The van der Waals surface area contributed by atoms with Gasteiger partial charge in [0.1, 0.15) is 5.75 Å². The molecule has 0 bridgehead atoms. The summed E-state index contributed by atoms with van der Waals surface area (Å²) in [5.41, 5.74) is 0.190. The van der Waals surface area contributed by atoms with Gasteiger partial charge in [0.15, 0.2) is 0 Å². The van der Waals surface area contributed by atoms with Crippen molar-refractivity contribution in [1.82, 2.24) is 10.6 Å². The third-order valence-electron chi connectivity index (χ3n) is 6.08. The maximum atomic E-state index is 13.7. The summed E-state index contributed by atoms with van der Waals surface area (Å²) in [5.74, 6) is -2.71. The van der Waals surface area contributed by atoms with E-state index in [4.69, 9.17) is 4.74 Å². The first-order valence-corrected chi connectivity index (χ1v) is 10.9. The number of hydrogen-bond donors (Lipinski definition) is 3. The Balaban J connectivity index is 1.74. The molecule has 2 atom stereocenters. The van der Waals surface area contributed by atoms with Crippen molar-refractivity contribution in [2.75, 3.05) is 0 Å². The van der Waals surface area contributed by atoms with E-state index in [0.29, 0.717) is 22.4 Å². The van der Waals surface area contributed by atoms with Crippen molar-refractivity contribution in [3.63, 3.8) is 0 Å². The molecule has 0 saturated heterocycles. The molecule has 0 radical (unpaired) electrons. The van der Waals surface area contributed by atoms with E-state index in [1.54, 1.807) is 36.4 Å². The Hall–Kier alpha value is -3.19. The van der Waals surface area contributed by atoms with Crippen LogP contribution in [0.25, 0.3) is 0 Å². The molecule has 0 saturated carbocycles. The topological polar surface area (TPSA) is 105 Å². The van der Waals surface area contributed by atoms with E-state index in [9.17, 15) is 19.5 Å². The fourth-order valence-electron chi connectivity index (χ4n) is 4.52. The number of ketones is 1. The SMILES string of the molecule is CC(C)NC(=O)CCC(=O)NC12C(=O)c3ccccc3C1(O)Oc1cc(C(C)C)ccc12. The van der Waals surface area contributed by atoms with E-state index in [1.807, 2.05) is 33.8 Å². The average molecular weight is 437 g/mol. The number of carbonyl (C=O) groups is 3. The van der Waals surface area contributed by atoms with Crippen molar-refractivity contribution in [1.29, 1.82) is 0 Å². The van der Waals surface area contributed by atoms with Crippen molar-refractivity contribution in [3.8, 4) is 5.75 Å². The van der Waals surface area contributed by atoms with Gasteiger partial charge in [-0.25, -0.2) is 0 Å². The standard InChI is InChI=1S/C25H28N2O5/c1-14(2)16-9-10-19-20(13-16)32-25(31)18-8-6-5-7-17(18)23(30)24(19,25)27-22(29)12-11-21(28)26-15(3)4/h5-10,13-15,31H,11-12H2,1-4H3,(H,26,28)(H,27,29). The molecule has 0 aromatic heterocycles. The minimum atomic E-state index is -2.07. The molecule has 1 aliphatic heterocycles. The molecule has 4 rings (SSSR count). The summed E-state index contributed by atoms with van der Waals surface area (Å²) in [6.07, 6.45) is -0.154. The van der Waals surface area contributed by atoms with Gasteiger partial charge in [0.25, 0.3) is 5.79 Å². The van der Waals surface area contributed by atoms with Crippen molar-refractivity contribution in [2.45, 2.75) is 63.8 Å². The molecule has 1 aliphatic carbocycles. The summed E-state index contributed by atoms with van der Waals surface area (Å²) in [5, 5.41) is 17.3. The van der Waals surface area contributed by atoms with Crippen LogP contribution in [0.15, 0.2) is 42.5 Å². The molecule has 2 amide bonds. The van der Waals surface area contributed by atoms with Crippen molar-refractivity contribution >= 4 is 17.6 Å². The zero-order chi connectivity index (χ0) is 23.3. The fraction of sp³-hybridized carbons (Fsp3) is 0.400. The third kappa shape index (κ3) is 3.19.